The van der Waals surface area contributed by atoms with Gasteiger partial charge < -0.3 is 9.47 Å². The fourth-order valence-corrected chi connectivity index (χ4v) is 4.02. The Morgan fingerprint density at radius 1 is 0.973 bits per heavy atom. The molecule has 0 aliphatic heterocycles. The molecule has 8 nitrogen and oxygen atoms in total. The van der Waals surface area contributed by atoms with Gasteiger partial charge in [-0.15, -0.1) is 0 Å². The second kappa shape index (κ2) is 9.27. The van der Waals surface area contributed by atoms with E-state index in [4.69, 9.17) is 9.47 Å². The van der Waals surface area contributed by atoms with Crippen LogP contribution in [0.25, 0.3) is 39.0 Å². The summed E-state index contributed by atoms with van der Waals surface area (Å²) in [5.74, 6) is 0.610. The number of fused-ring (bicyclic) bond motifs is 2. The number of benzene rings is 2. The van der Waals surface area contributed by atoms with E-state index in [1.807, 2.05) is 46.1 Å². The van der Waals surface area contributed by atoms with Crippen molar-refractivity contribution in [3.05, 3.63) is 71.1 Å². The van der Waals surface area contributed by atoms with Crippen LogP contribution in [0, 0.1) is 0 Å². The van der Waals surface area contributed by atoms with Crippen molar-refractivity contribution in [1.82, 2.24) is 24.3 Å². The molecule has 0 saturated carbocycles. The van der Waals surface area contributed by atoms with E-state index in [0.29, 0.717) is 22.5 Å². The third kappa shape index (κ3) is 5.13. The van der Waals surface area contributed by atoms with Crippen molar-refractivity contribution in [3.8, 4) is 28.6 Å². The van der Waals surface area contributed by atoms with Gasteiger partial charge >= 0.3 is 0 Å². The predicted molar refractivity (Wildman–Crippen MR) is 137 cm³/mol. The highest BCUT2D eigenvalue weighted by atomic mass is 19.3. The van der Waals surface area contributed by atoms with Gasteiger partial charge in [-0.3, -0.25) is 14.0 Å². The van der Waals surface area contributed by atoms with Crippen molar-refractivity contribution >= 4 is 22.1 Å². The van der Waals surface area contributed by atoms with Crippen molar-refractivity contribution in [2.24, 2.45) is 7.05 Å². The van der Waals surface area contributed by atoms with Gasteiger partial charge in [-0.2, -0.15) is 10.1 Å². The number of aryl methyl sites for hydroxylation is 1. The number of ether oxygens (including phenoxy) is 2. The Kier molecular flexibility index (Phi) is 6.10. The third-order valence-corrected chi connectivity index (χ3v) is 5.45. The van der Waals surface area contributed by atoms with Gasteiger partial charge in [0.1, 0.15) is 22.6 Å². The number of hydrogen-bond acceptors (Lipinski definition) is 6. The molecule has 3 heterocycles. The lowest BCUT2D eigenvalue weighted by molar-refractivity contribution is 0.0797. The van der Waals surface area contributed by atoms with Gasteiger partial charge in [-0.1, -0.05) is 6.07 Å². The monoisotopic (exact) mass is 505 g/mol. The average Bonchev–Trinajstić information content (AvgIpc) is 3.21. The molecule has 5 aromatic rings. The first-order valence-corrected chi connectivity index (χ1v) is 11.7. The summed E-state index contributed by atoms with van der Waals surface area (Å²) in [5.41, 5.74) is 1.93. The molecule has 0 fully saturated rings. The molecule has 0 atom stereocenters. The van der Waals surface area contributed by atoms with Crippen molar-refractivity contribution < 1.29 is 18.3 Å². The molecule has 0 bridgehead atoms. The second-order valence-electron chi connectivity index (χ2n) is 9.58. The Labute approximate surface area is 211 Å². The number of halogens is 2. The van der Waals surface area contributed by atoms with E-state index in [2.05, 4.69) is 15.1 Å². The zero-order chi connectivity index (χ0) is 26.3. The van der Waals surface area contributed by atoms with Crippen LogP contribution >= 0.6 is 0 Å². The number of aromatic nitrogens is 5. The van der Waals surface area contributed by atoms with Crippen molar-refractivity contribution in [2.45, 2.75) is 32.8 Å². The molecular formula is C27H25F2N5O3. The zero-order valence-corrected chi connectivity index (χ0v) is 20.8. The molecule has 0 spiro atoms. The van der Waals surface area contributed by atoms with Crippen LogP contribution in [0.2, 0.25) is 0 Å². The molecule has 10 heteroatoms. The quantitative estimate of drug-likeness (QED) is 0.317. The Balaban J connectivity index is 1.69. The molecule has 0 radical (unpaired) electrons. The molecule has 0 unspecified atom stereocenters. The summed E-state index contributed by atoms with van der Waals surface area (Å²) >= 11 is 0. The molecule has 0 amide bonds. The maximum Gasteiger partial charge on any atom is 0.283 e. The first-order chi connectivity index (χ1) is 17.6. The fraction of sp³-hybridized carbons (Fsp3) is 0.259. The molecule has 5 rings (SSSR count). The highest BCUT2D eigenvalue weighted by Crippen LogP contribution is 2.26. The lowest BCUT2D eigenvalue weighted by Crippen LogP contribution is -2.24. The number of alkyl halides is 2. The molecule has 3 aromatic heterocycles. The van der Waals surface area contributed by atoms with Gasteiger partial charge in [-0.25, -0.2) is 13.8 Å². The minimum absolute atomic E-state index is 0.0278. The summed E-state index contributed by atoms with van der Waals surface area (Å²) < 4.78 is 39.5. The molecule has 0 saturated heterocycles. The van der Waals surface area contributed by atoms with Crippen LogP contribution in [0.1, 0.15) is 20.8 Å². The first-order valence-electron chi connectivity index (χ1n) is 11.7. The molecule has 0 N–H and O–H groups in total. The lowest BCUT2D eigenvalue weighted by Gasteiger charge is -2.21. The average molecular weight is 506 g/mol. The summed E-state index contributed by atoms with van der Waals surface area (Å²) in [6, 6.07) is 15.5. The van der Waals surface area contributed by atoms with Crippen LogP contribution in [0.5, 0.6) is 11.6 Å². The second-order valence-corrected chi connectivity index (χ2v) is 9.58. The van der Waals surface area contributed by atoms with Gasteiger partial charge in [0.2, 0.25) is 5.88 Å². The smallest absolute Gasteiger partial charge is 0.283 e. The molecule has 0 aliphatic carbocycles. The number of rotatable bonds is 6. The van der Waals surface area contributed by atoms with Crippen LogP contribution < -0.4 is 15.0 Å². The van der Waals surface area contributed by atoms with Crippen molar-refractivity contribution in [2.75, 3.05) is 6.61 Å². The van der Waals surface area contributed by atoms with E-state index in [1.165, 1.54) is 10.6 Å². The van der Waals surface area contributed by atoms with Crippen LogP contribution in [-0.4, -0.2) is 42.9 Å². The number of pyridine rings is 1. The van der Waals surface area contributed by atoms with Gasteiger partial charge in [-0.05, 0) is 63.2 Å². The Hall–Kier alpha value is -4.34. The van der Waals surface area contributed by atoms with E-state index < -0.39 is 24.2 Å². The normalized spacial score (nSPS) is 12.0. The van der Waals surface area contributed by atoms with Crippen molar-refractivity contribution in [1.29, 1.82) is 0 Å². The minimum atomic E-state index is -2.65. The largest absolute Gasteiger partial charge is 0.488 e. The van der Waals surface area contributed by atoms with E-state index in [1.54, 1.807) is 41.1 Å². The van der Waals surface area contributed by atoms with E-state index in [-0.39, 0.29) is 17.2 Å². The zero-order valence-electron chi connectivity index (χ0n) is 20.8. The minimum Gasteiger partial charge on any atom is -0.488 e. The highest BCUT2D eigenvalue weighted by Gasteiger charge is 2.18. The van der Waals surface area contributed by atoms with Gasteiger partial charge in [0.15, 0.2) is 12.3 Å². The van der Waals surface area contributed by atoms with E-state index in [9.17, 15) is 13.6 Å². The SMILES string of the molecule is Cn1cc2cc(-c3nc4ccc(OCC(F)F)nc4n(-c4ccc(OC(C)(C)C)cc4)c3=O)ccc2n1. The molecule has 190 valence electrons. The summed E-state index contributed by atoms with van der Waals surface area (Å²) in [4.78, 5) is 22.8. The molecular weight excluding hydrogens is 480 g/mol. The summed E-state index contributed by atoms with van der Waals surface area (Å²) in [5, 5.41) is 5.25. The molecule has 0 aliphatic rings. The first kappa shape index (κ1) is 24.4. The molecule has 37 heavy (non-hydrogen) atoms. The maximum atomic E-state index is 13.9. The van der Waals surface area contributed by atoms with Crippen LogP contribution in [0.4, 0.5) is 8.78 Å². The summed E-state index contributed by atoms with van der Waals surface area (Å²) in [7, 11) is 1.83. The Bertz CT molecular complexity index is 1650. The summed E-state index contributed by atoms with van der Waals surface area (Å²) in [6.45, 7) is 5.02. The van der Waals surface area contributed by atoms with Gasteiger partial charge in [0, 0.05) is 30.3 Å². The van der Waals surface area contributed by atoms with Gasteiger partial charge in [0.25, 0.3) is 12.0 Å². The lowest BCUT2D eigenvalue weighted by atomic mass is 10.1. The summed E-state index contributed by atoms with van der Waals surface area (Å²) in [6.07, 6.45) is -0.793. The van der Waals surface area contributed by atoms with Crippen LogP contribution in [0.3, 0.4) is 0 Å². The standard InChI is InChI=1S/C27H25F2N5O3/c1-27(2,3)37-19-8-6-18(7-9-19)34-25-21(11-12-23(31-25)36-15-22(28)29)30-24(26(34)35)16-5-10-20-17(13-16)14-33(4)32-20/h5-14,22H,15H2,1-4H3. The predicted octanol–water partition coefficient (Wildman–Crippen LogP) is 5.16. The topological polar surface area (TPSA) is 84.1 Å². The maximum absolute atomic E-state index is 13.9. The van der Waals surface area contributed by atoms with Crippen LogP contribution in [0.15, 0.2) is 65.6 Å². The van der Waals surface area contributed by atoms with E-state index in [0.717, 1.165) is 10.9 Å². The van der Waals surface area contributed by atoms with E-state index >= 15 is 0 Å². The Morgan fingerprint density at radius 3 is 2.41 bits per heavy atom. The highest BCUT2D eigenvalue weighted by molar-refractivity contribution is 5.85. The number of hydrogen-bond donors (Lipinski definition) is 0. The Morgan fingerprint density at radius 2 is 1.70 bits per heavy atom. The number of nitrogens with zero attached hydrogens (tertiary/aromatic N) is 5. The third-order valence-electron chi connectivity index (χ3n) is 5.45. The fourth-order valence-electron chi connectivity index (χ4n) is 4.02. The van der Waals surface area contributed by atoms with Crippen LogP contribution in [-0.2, 0) is 7.05 Å². The van der Waals surface area contributed by atoms with Crippen molar-refractivity contribution in [3.63, 3.8) is 0 Å². The van der Waals surface area contributed by atoms with Gasteiger partial charge in [0.05, 0.1) is 11.2 Å². The molecule has 2 aromatic carbocycles.